The minimum absolute atomic E-state index is 0.590. The van der Waals surface area contributed by atoms with Gasteiger partial charge in [0.05, 0.1) is 5.69 Å². The van der Waals surface area contributed by atoms with Crippen LogP contribution in [0.3, 0.4) is 0 Å². The fourth-order valence-electron chi connectivity index (χ4n) is 2.01. The van der Waals surface area contributed by atoms with Gasteiger partial charge < -0.3 is 10.3 Å². The summed E-state index contributed by atoms with van der Waals surface area (Å²) in [5.74, 6) is 0.989. The molecule has 0 aliphatic rings. The van der Waals surface area contributed by atoms with Crippen molar-refractivity contribution in [3.8, 4) is 0 Å². The largest absolute Gasteiger partial charge is 0.344 e. The van der Waals surface area contributed by atoms with Gasteiger partial charge >= 0.3 is 0 Å². The van der Waals surface area contributed by atoms with Crippen molar-refractivity contribution in [2.75, 3.05) is 6.54 Å². The normalized spacial score (nSPS) is 10.9. The molecule has 4 nitrogen and oxygen atoms in total. The van der Waals surface area contributed by atoms with Crippen molar-refractivity contribution in [3.63, 3.8) is 0 Å². The van der Waals surface area contributed by atoms with E-state index in [4.69, 9.17) is 11.6 Å². The lowest BCUT2D eigenvalue weighted by Gasteiger charge is -2.03. The molecule has 0 aliphatic heterocycles. The van der Waals surface area contributed by atoms with Crippen LogP contribution < -0.4 is 5.32 Å². The van der Waals surface area contributed by atoms with Gasteiger partial charge in [0.25, 0.3) is 0 Å². The molecule has 2 aromatic heterocycles. The number of aromatic nitrogens is 3. The molecule has 0 fully saturated rings. The highest BCUT2D eigenvalue weighted by Crippen LogP contribution is 2.13. The van der Waals surface area contributed by atoms with Gasteiger partial charge in [0.2, 0.25) is 0 Å². The molecular weight excluding hydrogens is 272 g/mol. The topological polar surface area (TPSA) is 53.6 Å². The van der Waals surface area contributed by atoms with E-state index >= 15 is 0 Å². The number of nitrogens with zero attached hydrogens (tertiary/aromatic N) is 2. The van der Waals surface area contributed by atoms with Gasteiger partial charge in [-0.05, 0) is 37.1 Å². The van der Waals surface area contributed by atoms with Crippen molar-refractivity contribution in [2.45, 2.75) is 39.2 Å². The van der Waals surface area contributed by atoms with E-state index < -0.39 is 0 Å². The second-order valence-electron chi connectivity index (χ2n) is 4.84. The number of pyridine rings is 1. The summed E-state index contributed by atoms with van der Waals surface area (Å²) in [6.45, 7) is 3.80. The molecule has 20 heavy (non-hydrogen) atoms. The van der Waals surface area contributed by atoms with Crippen LogP contribution in [0.1, 0.15) is 36.8 Å². The molecule has 0 radical (unpaired) electrons. The Kier molecular flexibility index (Phi) is 6.02. The zero-order valence-corrected chi connectivity index (χ0v) is 12.6. The Labute approximate surface area is 125 Å². The summed E-state index contributed by atoms with van der Waals surface area (Å²) in [4.78, 5) is 11.7. The van der Waals surface area contributed by atoms with E-state index in [0.717, 1.165) is 50.3 Å². The van der Waals surface area contributed by atoms with Crippen LogP contribution in [-0.4, -0.2) is 21.5 Å². The number of unbranched alkanes of at least 4 members (excludes halogenated alkanes) is 1. The van der Waals surface area contributed by atoms with Crippen molar-refractivity contribution in [1.29, 1.82) is 0 Å². The second kappa shape index (κ2) is 8.02. The van der Waals surface area contributed by atoms with Crippen LogP contribution in [0.25, 0.3) is 0 Å². The third-order valence-corrected chi connectivity index (χ3v) is 3.50. The van der Waals surface area contributed by atoms with Crippen LogP contribution in [0, 0.1) is 0 Å². The van der Waals surface area contributed by atoms with Crippen molar-refractivity contribution >= 4 is 11.6 Å². The minimum Gasteiger partial charge on any atom is -0.344 e. The molecule has 0 saturated carbocycles. The van der Waals surface area contributed by atoms with Crippen molar-refractivity contribution in [1.82, 2.24) is 20.3 Å². The zero-order chi connectivity index (χ0) is 14.2. The van der Waals surface area contributed by atoms with E-state index in [1.807, 2.05) is 24.5 Å². The number of halogens is 1. The first kappa shape index (κ1) is 15.0. The SMILES string of the molecule is CCCCc1nc(Cl)c(CNCCc2ccncc2)[nH]1. The third kappa shape index (κ3) is 4.62. The van der Waals surface area contributed by atoms with Crippen LogP contribution in [0.4, 0.5) is 0 Å². The lowest BCUT2D eigenvalue weighted by molar-refractivity contribution is 0.674. The molecule has 0 unspecified atom stereocenters. The Morgan fingerprint density at radius 2 is 2.05 bits per heavy atom. The Morgan fingerprint density at radius 3 is 2.80 bits per heavy atom. The second-order valence-corrected chi connectivity index (χ2v) is 5.20. The molecule has 2 heterocycles. The monoisotopic (exact) mass is 292 g/mol. The lowest BCUT2D eigenvalue weighted by Crippen LogP contribution is -2.17. The van der Waals surface area contributed by atoms with Crippen LogP contribution >= 0.6 is 11.6 Å². The smallest absolute Gasteiger partial charge is 0.151 e. The molecule has 0 aromatic carbocycles. The molecule has 2 rings (SSSR count). The third-order valence-electron chi connectivity index (χ3n) is 3.19. The zero-order valence-electron chi connectivity index (χ0n) is 11.8. The summed E-state index contributed by atoms with van der Waals surface area (Å²) < 4.78 is 0. The number of aryl methyl sites for hydroxylation is 1. The highest BCUT2D eigenvalue weighted by molar-refractivity contribution is 6.30. The van der Waals surface area contributed by atoms with Gasteiger partial charge in [0.15, 0.2) is 5.15 Å². The Morgan fingerprint density at radius 1 is 1.25 bits per heavy atom. The average molecular weight is 293 g/mol. The number of hydrogen-bond acceptors (Lipinski definition) is 3. The lowest BCUT2D eigenvalue weighted by atomic mass is 10.2. The van der Waals surface area contributed by atoms with Crippen LogP contribution in [-0.2, 0) is 19.4 Å². The summed E-state index contributed by atoms with van der Waals surface area (Å²) in [5.41, 5.74) is 2.26. The van der Waals surface area contributed by atoms with E-state index in [9.17, 15) is 0 Å². The van der Waals surface area contributed by atoms with Gasteiger partial charge in [-0.1, -0.05) is 24.9 Å². The van der Waals surface area contributed by atoms with Crippen LogP contribution in [0.5, 0.6) is 0 Å². The maximum atomic E-state index is 6.13. The number of H-pyrrole nitrogens is 1. The quantitative estimate of drug-likeness (QED) is 0.735. The first-order valence-electron chi connectivity index (χ1n) is 7.12. The maximum Gasteiger partial charge on any atom is 0.151 e. The number of hydrogen-bond donors (Lipinski definition) is 2. The molecule has 0 spiro atoms. The summed E-state index contributed by atoms with van der Waals surface area (Å²) in [6.07, 6.45) is 7.89. The molecule has 0 bridgehead atoms. The first-order chi connectivity index (χ1) is 9.79. The number of nitrogens with one attached hydrogen (secondary N) is 2. The average Bonchev–Trinajstić information content (AvgIpc) is 2.83. The highest BCUT2D eigenvalue weighted by atomic mass is 35.5. The van der Waals surface area contributed by atoms with Gasteiger partial charge in [-0.3, -0.25) is 4.98 Å². The number of rotatable bonds is 8. The predicted molar refractivity (Wildman–Crippen MR) is 81.9 cm³/mol. The molecule has 5 heteroatoms. The van der Waals surface area contributed by atoms with Gasteiger partial charge in [-0.25, -0.2) is 4.98 Å². The van der Waals surface area contributed by atoms with Crippen molar-refractivity contribution in [2.24, 2.45) is 0 Å². The van der Waals surface area contributed by atoms with E-state index in [0.29, 0.717) is 5.15 Å². The molecular formula is C15H21ClN4. The first-order valence-corrected chi connectivity index (χ1v) is 7.50. The summed E-state index contributed by atoms with van der Waals surface area (Å²) in [5, 5.41) is 3.97. The highest BCUT2D eigenvalue weighted by Gasteiger charge is 2.07. The van der Waals surface area contributed by atoms with Crippen molar-refractivity contribution in [3.05, 3.63) is 46.8 Å². The van der Waals surface area contributed by atoms with Gasteiger partial charge in [0.1, 0.15) is 5.82 Å². The molecule has 0 atom stereocenters. The fourth-order valence-corrected chi connectivity index (χ4v) is 2.23. The van der Waals surface area contributed by atoms with E-state index in [1.54, 1.807) is 0 Å². The van der Waals surface area contributed by atoms with Gasteiger partial charge in [-0.15, -0.1) is 0 Å². The molecule has 2 aromatic rings. The van der Waals surface area contributed by atoms with E-state index in [-0.39, 0.29) is 0 Å². The summed E-state index contributed by atoms with van der Waals surface area (Å²) >= 11 is 6.13. The molecule has 2 N–H and O–H groups in total. The van der Waals surface area contributed by atoms with E-state index in [1.165, 1.54) is 5.56 Å². The minimum atomic E-state index is 0.590. The summed E-state index contributed by atoms with van der Waals surface area (Å²) in [7, 11) is 0. The predicted octanol–water partition coefficient (Wildman–Crippen LogP) is 3.13. The van der Waals surface area contributed by atoms with Crippen LogP contribution in [0.15, 0.2) is 24.5 Å². The standard InChI is InChI=1S/C15H21ClN4/c1-2-3-4-14-19-13(15(16)20-14)11-18-10-7-12-5-8-17-9-6-12/h5-6,8-9,18H,2-4,7,10-11H2,1H3,(H,19,20). The van der Waals surface area contributed by atoms with E-state index in [2.05, 4.69) is 27.2 Å². The fraction of sp³-hybridized carbons (Fsp3) is 0.467. The van der Waals surface area contributed by atoms with Crippen molar-refractivity contribution < 1.29 is 0 Å². The Balaban J connectivity index is 1.75. The Hall–Kier alpha value is -1.39. The maximum absolute atomic E-state index is 6.13. The molecule has 0 amide bonds. The van der Waals surface area contributed by atoms with Gasteiger partial charge in [-0.2, -0.15) is 0 Å². The molecule has 0 saturated heterocycles. The van der Waals surface area contributed by atoms with Crippen LogP contribution in [0.2, 0.25) is 5.15 Å². The Bertz CT molecular complexity index is 510. The summed E-state index contributed by atoms with van der Waals surface area (Å²) in [6, 6.07) is 4.07. The van der Waals surface area contributed by atoms with Gasteiger partial charge in [0, 0.05) is 25.4 Å². The molecule has 108 valence electrons. The molecule has 0 aliphatic carbocycles. The number of aromatic amines is 1. The number of imidazole rings is 1.